The zero-order valence-corrected chi connectivity index (χ0v) is 11.3. The van der Waals surface area contributed by atoms with Crippen molar-refractivity contribution in [2.75, 3.05) is 20.6 Å². The van der Waals surface area contributed by atoms with Gasteiger partial charge in [-0.1, -0.05) is 11.6 Å². The van der Waals surface area contributed by atoms with E-state index in [4.69, 9.17) is 11.6 Å². The number of halogens is 1. The minimum atomic E-state index is 0.365. The van der Waals surface area contributed by atoms with Gasteiger partial charge >= 0.3 is 0 Å². The fourth-order valence-electron chi connectivity index (χ4n) is 1.67. The summed E-state index contributed by atoms with van der Waals surface area (Å²) in [5.41, 5.74) is 1.27. The third-order valence-electron chi connectivity index (χ3n) is 2.26. The van der Waals surface area contributed by atoms with Crippen LogP contribution in [-0.4, -0.2) is 31.6 Å². The van der Waals surface area contributed by atoms with Crippen molar-refractivity contribution in [1.29, 1.82) is 0 Å². The van der Waals surface area contributed by atoms with E-state index in [2.05, 4.69) is 43.5 Å². The van der Waals surface area contributed by atoms with Crippen LogP contribution in [0.4, 0.5) is 0 Å². The highest BCUT2D eigenvalue weighted by Gasteiger charge is 2.11. The van der Waals surface area contributed by atoms with E-state index in [1.54, 1.807) is 11.3 Å². The van der Waals surface area contributed by atoms with Crippen LogP contribution >= 0.6 is 22.9 Å². The summed E-state index contributed by atoms with van der Waals surface area (Å²) in [6, 6.07) is 2.88. The second-order valence-electron chi connectivity index (χ2n) is 4.24. The number of hydrogen-bond donors (Lipinski definition) is 1. The topological polar surface area (TPSA) is 15.3 Å². The van der Waals surface area contributed by atoms with E-state index >= 15 is 0 Å². The number of thiophene rings is 1. The quantitative estimate of drug-likeness (QED) is 0.859. The fraction of sp³-hybridized carbons (Fsp3) is 0.636. The molecule has 0 fully saturated rings. The molecule has 0 bridgehead atoms. The number of likely N-dealkylation sites (N-methyl/N-ethyl adjacent to an activating group) is 1. The van der Waals surface area contributed by atoms with Crippen molar-refractivity contribution in [1.82, 2.24) is 10.2 Å². The molecule has 1 heterocycles. The van der Waals surface area contributed by atoms with E-state index in [9.17, 15) is 0 Å². The van der Waals surface area contributed by atoms with Gasteiger partial charge in [-0.15, -0.1) is 11.3 Å². The van der Waals surface area contributed by atoms with Crippen LogP contribution in [0.25, 0.3) is 0 Å². The van der Waals surface area contributed by atoms with Crippen LogP contribution in [0.5, 0.6) is 0 Å². The average molecular weight is 247 g/mol. The molecule has 2 atom stereocenters. The van der Waals surface area contributed by atoms with Gasteiger partial charge in [0, 0.05) is 18.6 Å². The maximum absolute atomic E-state index is 5.91. The third-order valence-corrected chi connectivity index (χ3v) is 3.37. The molecule has 0 aliphatic heterocycles. The van der Waals surface area contributed by atoms with E-state index in [0.29, 0.717) is 12.1 Å². The summed E-state index contributed by atoms with van der Waals surface area (Å²) in [5, 5.41) is 5.66. The van der Waals surface area contributed by atoms with Crippen molar-refractivity contribution in [3.8, 4) is 0 Å². The Balaban J connectivity index is 2.45. The highest BCUT2D eigenvalue weighted by atomic mass is 35.5. The Hall–Kier alpha value is -0.0900. The van der Waals surface area contributed by atoms with E-state index in [1.165, 1.54) is 5.56 Å². The molecule has 2 nitrogen and oxygen atoms in total. The predicted octanol–water partition coefficient (Wildman–Crippen LogP) is 3.00. The lowest BCUT2D eigenvalue weighted by atomic mass is 10.1. The van der Waals surface area contributed by atoms with Crippen LogP contribution < -0.4 is 5.32 Å². The lowest BCUT2D eigenvalue weighted by Crippen LogP contribution is -2.37. The molecule has 1 aromatic rings. The predicted molar refractivity (Wildman–Crippen MR) is 68.9 cm³/mol. The molecule has 15 heavy (non-hydrogen) atoms. The van der Waals surface area contributed by atoms with Crippen LogP contribution in [0.3, 0.4) is 0 Å². The van der Waals surface area contributed by atoms with Crippen LogP contribution in [0.15, 0.2) is 11.4 Å². The standard InChI is InChI=1S/C11H19ClN2S/c1-8(6-14(3)4)13-9(2)10-5-11(12)15-7-10/h5,7-9,13H,6H2,1-4H3. The Kier molecular flexibility index (Phi) is 5.06. The summed E-state index contributed by atoms with van der Waals surface area (Å²) >= 11 is 7.50. The van der Waals surface area contributed by atoms with Gasteiger partial charge in [0.05, 0.1) is 4.34 Å². The van der Waals surface area contributed by atoms with Crippen molar-refractivity contribution in [3.63, 3.8) is 0 Å². The second kappa shape index (κ2) is 5.85. The van der Waals surface area contributed by atoms with Gasteiger partial charge in [-0.3, -0.25) is 0 Å². The molecule has 1 aromatic heterocycles. The van der Waals surface area contributed by atoms with E-state index in [-0.39, 0.29) is 0 Å². The minimum absolute atomic E-state index is 0.365. The lowest BCUT2D eigenvalue weighted by molar-refractivity contribution is 0.334. The first-order valence-electron chi connectivity index (χ1n) is 5.13. The smallest absolute Gasteiger partial charge is 0.0931 e. The molecule has 1 rings (SSSR count). The minimum Gasteiger partial charge on any atom is -0.308 e. The summed E-state index contributed by atoms with van der Waals surface area (Å²) in [7, 11) is 4.18. The van der Waals surface area contributed by atoms with Crippen molar-refractivity contribution in [3.05, 3.63) is 21.3 Å². The van der Waals surface area contributed by atoms with Gasteiger partial charge in [-0.2, -0.15) is 0 Å². The third kappa shape index (κ3) is 4.51. The van der Waals surface area contributed by atoms with Crippen LogP contribution in [-0.2, 0) is 0 Å². The highest BCUT2D eigenvalue weighted by Crippen LogP contribution is 2.24. The molecule has 0 amide bonds. The first-order valence-corrected chi connectivity index (χ1v) is 6.39. The van der Waals surface area contributed by atoms with Gasteiger partial charge in [-0.05, 0) is 45.0 Å². The Morgan fingerprint density at radius 3 is 2.60 bits per heavy atom. The molecule has 0 saturated carbocycles. The summed E-state index contributed by atoms with van der Waals surface area (Å²) in [6.45, 7) is 5.41. The Labute approximate surface area is 101 Å². The summed E-state index contributed by atoms with van der Waals surface area (Å²) in [4.78, 5) is 2.19. The zero-order chi connectivity index (χ0) is 11.4. The number of hydrogen-bond acceptors (Lipinski definition) is 3. The van der Waals surface area contributed by atoms with Crippen molar-refractivity contribution in [2.45, 2.75) is 25.9 Å². The SMILES string of the molecule is CC(CN(C)C)NC(C)c1csc(Cl)c1. The van der Waals surface area contributed by atoms with Gasteiger partial charge in [0.15, 0.2) is 0 Å². The van der Waals surface area contributed by atoms with Crippen LogP contribution in [0.1, 0.15) is 25.5 Å². The molecule has 0 saturated heterocycles. The van der Waals surface area contributed by atoms with Gasteiger partial charge < -0.3 is 10.2 Å². The summed E-state index contributed by atoms with van der Waals surface area (Å²) < 4.78 is 0.860. The number of nitrogens with one attached hydrogen (secondary N) is 1. The number of rotatable bonds is 5. The lowest BCUT2D eigenvalue weighted by Gasteiger charge is -2.22. The molecule has 0 aliphatic rings. The number of nitrogens with zero attached hydrogens (tertiary/aromatic N) is 1. The molecule has 4 heteroatoms. The van der Waals surface area contributed by atoms with E-state index in [0.717, 1.165) is 10.9 Å². The normalized spacial score (nSPS) is 15.6. The molecule has 1 N–H and O–H groups in total. The second-order valence-corrected chi connectivity index (χ2v) is 5.78. The van der Waals surface area contributed by atoms with Gasteiger partial charge in [0.2, 0.25) is 0 Å². The first kappa shape index (κ1) is 13.0. The van der Waals surface area contributed by atoms with E-state index in [1.807, 2.05) is 6.07 Å². The van der Waals surface area contributed by atoms with Crippen molar-refractivity contribution < 1.29 is 0 Å². The first-order chi connectivity index (χ1) is 6.99. The molecular formula is C11H19ClN2S. The van der Waals surface area contributed by atoms with Crippen LogP contribution in [0.2, 0.25) is 4.34 Å². The Bertz CT molecular complexity index is 299. The molecule has 0 aromatic carbocycles. The molecular weight excluding hydrogens is 228 g/mol. The molecule has 2 unspecified atom stereocenters. The largest absolute Gasteiger partial charge is 0.308 e. The maximum atomic E-state index is 5.91. The summed E-state index contributed by atoms with van der Waals surface area (Å²) in [6.07, 6.45) is 0. The molecule has 0 radical (unpaired) electrons. The van der Waals surface area contributed by atoms with Gasteiger partial charge in [0.25, 0.3) is 0 Å². The van der Waals surface area contributed by atoms with Gasteiger partial charge in [-0.25, -0.2) is 0 Å². The van der Waals surface area contributed by atoms with Crippen molar-refractivity contribution >= 4 is 22.9 Å². The fourth-order valence-corrected chi connectivity index (χ4v) is 2.66. The monoisotopic (exact) mass is 246 g/mol. The average Bonchev–Trinajstić information content (AvgIpc) is 2.49. The molecule has 0 aliphatic carbocycles. The van der Waals surface area contributed by atoms with Gasteiger partial charge in [0.1, 0.15) is 0 Å². The Morgan fingerprint density at radius 1 is 1.47 bits per heavy atom. The Morgan fingerprint density at radius 2 is 2.13 bits per heavy atom. The van der Waals surface area contributed by atoms with E-state index < -0.39 is 0 Å². The molecule has 86 valence electrons. The molecule has 0 spiro atoms. The maximum Gasteiger partial charge on any atom is 0.0931 e. The summed E-state index contributed by atoms with van der Waals surface area (Å²) in [5.74, 6) is 0. The highest BCUT2D eigenvalue weighted by molar-refractivity contribution is 7.14. The van der Waals surface area contributed by atoms with Crippen LogP contribution in [0, 0.1) is 0 Å². The zero-order valence-electron chi connectivity index (χ0n) is 9.75. The van der Waals surface area contributed by atoms with Crippen molar-refractivity contribution in [2.24, 2.45) is 0 Å².